The summed E-state index contributed by atoms with van der Waals surface area (Å²) in [6.45, 7) is 12.0. The molecule has 0 saturated carbocycles. The molecule has 214 valence electrons. The van der Waals surface area contributed by atoms with E-state index in [9.17, 15) is 19.2 Å². The topological polar surface area (TPSA) is 131 Å². The second kappa shape index (κ2) is 16.7. The molecule has 0 heterocycles. The van der Waals surface area contributed by atoms with Gasteiger partial charge in [0.2, 0.25) is 17.7 Å². The number of alkyl carbamates (subject to hydrolysis) is 1. The number of aryl methyl sites for hydroxylation is 1. The van der Waals surface area contributed by atoms with Gasteiger partial charge in [0.25, 0.3) is 0 Å². The first-order chi connectivity index (χ1) is 17.9. The van der Waals surface area contributed by atoms with Gasteiger partial charge in [0, 0.05) is 13.1 Å². The van der Waals surface area contributed by atoms with Crippen molar-refractivity contribution in [3.63, 3.8) is 0 Å². The van der Waals surface area contributed by atoms with Crippen molar-refractivity contribution in [3.05, 3.63) is 35.4 Å². The van der Waals surface area contributed by atoms with Crippen molar-refractivity contribution in [2.75, 3.05) is 13.1 Å². The summed E-state index contributed by atoms with van der Waals surface area (Å²) in [5.41, 5.74) is 6.27. The summed E-state index contributed by atoms with van der Waals surface area (Å²) in [5.74, 6) is -1.61. The number of carbonyl (C=O) groups excluding carboxylic acids is 4. The number of unbranched alkanes of at least 4 members (excludes halogenated alkanes) is 5. The van der Waals surface area contributed by atoms with Crippen molar-refractivity contribution in [2.45, 2.75) is 111 Å². The van der Waals surface area contributed by atoms with Crippen LogP contribution < -0.4 is 16.4 Å². The van der Waals surface area contributed by atoms with Gasteiger partial charge in [-0.1, -0.05) is 75.8 Å². The van der Waals surface area contributed by atoms with Crippen molar-refractivity contribution in [1.82, 2.24) is 15.5 Å². The molecule has 1 aromatic carbocycles. The lowest BCUT2D eigenvalue weighted by molar-refractivity contribution is -0.143. The van der Waals surface area contributed by atoms with Gasteiger partial charge in [-0.05, 0) is 46.1 Å². The maximum absolute atomic E-state index is 14.0. The monoisotopic (exact) mass is 532 g/mol. The summed E-state index contributed by atoms with van der Waals surface area (Å²) in [4.78, 5) is 53.5. The van der Waals surface area contributed by atoms with Gasteiger partial charge in [0.1, 0.15) is 17.7 Å². The lowest BCUT2D eigenvalue weighted by Gasteiger charge is -2.34. The molecule has 0 spiro atoms. The molecule has 2 atom stereocenters. The standard InChI is InChI=1S/C29H48N4O5/c1-7-9-11-12-13-18-33(27(36)23(20-24(30)34)32-28(37)38-29(4,5)6)25(26(35)31-17-10-8-2)22-16-14-15-21(3)19-22/h14-16,19,23,25H,7-13,17-18,20H2,1-6H3,(H2,30,34)(H,31,35)(H,32,37). The van der Waals surface area contributed by atoms with E-state index in [-0.39, 0.29) is 12.5 Å². The number of rotatable bonds is 16. The molecule has 0 aliphatic rings. The van der Waals surface area contributed by atoms with Crippen molar-refractivity contribution in [1.29, 1.82) is 0 Å². The number of benzene rings is 1. The highest BCUT2D eigenvalue weighted by molar-refractivity contribution is 5.94. The van der Waals surface area contributed by atoms with E-state index in [4.69, 9.17) is 10.5 Å². The second-order valence-corrected chi connectivity index (χ2v) is 10.8. The van der Waals surface area contributed by atoms with Gasteiger partial charge in [0.05, 0.1) is 6.42 Å². The van der Waals surface area contributed by atoms with E-state index in [1.54, 1.807) is 20.8 Å². The number of primary amides is 1. The first-order valence-corrected chi connectivity index (χ1v) is 13.8. The Hall–Kier alpha value is -3.10. The number of nitrogens with two attached hydrogens (primary N) is 1. The van der Waals surface area contributed by atoms with Gasteiger partial charge in [-0.15, -0.1) is 0 Å². The highest BCUT2D eigenvalue weighted by Crippen LogP contribution is 2.25. The molecule has 0 bridgehead atoms. The van der Waals surface area contributed by atoms with Crippen molar-refractivity contribution in [2.24, 2.45) is 5.73 Å². The van der Waals surface area contributed by atoms with Crippen LogP contribution in [0.3, 0.4) is 0 Å². The van der Waals surface area contributed by atoms with E-state index in [1.807, 2.05) is 38.1 Å². The fraction of sp³-hybridized carbons (Fsp3) is 0.655. The fourth-order valence-electron chi connectivity index (χ4n) is 4.10. The van der Waals surface area contributed by atoms with Crippen LogP contribution in [0.25, 0.3) is 0 Å². The van der Waals surface area contributed by atoms with Crippen molar-refractivity contribution in [3.8, 4) is 0 Å². The number of amides is 4. The summed E-state index contributed by atoms with van der Waals surface area (Å²) in [6, 6.07) is 5.27. The van der Waals surface area contributed by atoms with Crippen LogP contribution >= 0.6 is 0 Å². The van der Waals surface area contributed by atoms with Crippen LogP contribution in [-0.4, -0.2) is 53.4 Å². The van der Waals surface area contributed by atoms with Gasteiger partial charge < -0.3 is 26.0 Å². The highest BCUT2D eigenvalue weighted by atomic mass is 16.6. The Bertz CT molecular complexity index is 912. The number of nitrogens with zero attached hydrogens (tertiary/aromatic N) is 1. The molecule has 4 amide bonds. The Kier molecular flexibility index (Phi) is 14.5. The van der Waals surface area contributed by atoms with E-state index >= 15 is 0 Å². The maximum atomic E-state index is 14.0. The van der Waals surface area contributed by atoms with E-state index in [0.29, 0.717) is 18.5 Å². The number of ether oxygens (including phenoxy) is 1. The zero-order chi connectivity index (χ0) is 28.7. The minimum Gasteiger partial charge on any atom is -0.444 e. The van der Waals surface area contributed by atoms with Crippen LogP contribution in [0.4, 0.5) is 4.79 Å². The van der Waals surface area contributed by atoms with E-state index in [0.717, 1.165) is 44.1 Å². The lowest BCUT2D eigenvalue weighted by atomic mass is 9.99. The SMILES string of the molecule is CCCCCCCN(C(=O)C(CC(N)=O)NC(=O)OC(C)(C)C)C(C(=O)NCCCC)c1cccc(C)c1. The van der Waals surface area contributed by atoms with Gasteiger partial charge >= 0.3 is 6.09 Å². The molecule has 0 fully saturated rings. The predicted octanol–water partition coefficient (Wildman–Crippen LogP) is 4.52. The van der Waals surface area contributed by atoms with Crippen LogP contribution in [0.5, 0.6) is 0 Å². The molecule has 4 N–H and O–H groups in total. The molecule has 0 saturated heterocycles. The molecule has 0 aromatic heterocycles. The Morgan fingerprint density at radius 1 is 1.00 bits per heavy atom. The molecule has 9 heteroatoms. The van der Waals surface area contributed by atoms with Crippen molar-refractivity contribution >= 4 is 23.8 Å². The molecular formula is C29H48N4O5. The molecule has 38 heavy (non-hydrogen) atoms. The minimum atomic E-state index is -1.27. The third-order valence-corrected chi connectivity index (χ3v) is 5.93. The third kappa shape index (κ3) is 12.4. The number of carbonyl (C=O) groups is 4. The summed E-state index contributed by atoms with van der Waals surface area (Å²) < 4.78 is 5.33. The molecule has 1 aromatic rings. The van der Waals surface area contributed by atoms with Gasteiger partial charge in [-0.25, -0.2) is 4.79 Å². The first-order valence-electron chi connectivity index (χ1n) is 13.8. The Balaban J connectivity index is 3.43. The van der Waals surface area contributed by atoms with Gasteiger partial charge in [-0.2, -0.15) is 0 Å². The number of hydrogen-bond donors (Lipinski definition) is 3. The average molecular weight is 533 g/mol. The zero-order valence-electron chi connectivity index (χ0n) is 24.1. The summed E-state index contributed by atoms with van der Waals surface area (Å²) in [6.07, 6.45) is 5.20. The highest BCUT2D eigenvalue weighted by Gasteiger charge is 2.36. The second-order valence-electron chi connectivity index (χ2n) is 10.8. The van der Waals surface area contributed by atoms with E-state index < -0.39 is 42.0 Å². The predicted molar refractivity (Wildman–Crippen MR) is 149 cm³/mol. The fourth-order valence-corrected chi connectivity index (χ4v) is 4.10. The smallest absolute Gasteiger partial charge is 0.408 e. The minimum absolute atomic E-state index is 0.285. The Morgan fingerprint density at radius 2 is 1.66 bits per heavy atom. The molecule has 9 nitrogen and oxygen atoms in total. The first kappa shape index (κ1) is 32.9. The molecule has 1 rings (SSSR count). The Morgan fingerprint density at radius 3 is 2.24 bits per heavy atom. The largest absolute Gasteiger partial charge is 0.444 e. The number of hydrogen-bond acceptors (Lipinski definition) is 5. The normalized spacial score (nSPS) is 12.8. The molecule has 0 aliphatic heterocycles. The maximum Gasteiger partial charge on any atom is 0.408 e. The molecule has 0 aliphatic carbocycles. The number of nitrogens with one attached hydrogen (secondary N) is 2. The van der Waals surface area contributed by atoms with Crippen LogP contribution in [0.1, 0.15) is 103 Å². The third-order valence-electron chi connectivity index (χ3n) is 5.93. The summed E-state index contributed by atoms with van der Waals surface area (Å²) in [7, 11) is 0. The van der Waals surface area contributed by atoms with Crippen LogP contribution in [0.15, 0.2) is 24.3 Å². The molecule has 2 unspecified atom stereocenters. The van der Waals surface area contributed by atoms with Crippen LogP contribution in [0.2, 0.25) is 0 Å². The van der Waals surface area contributed by atoms with Gasteiger partial charge in [0.15, 0.2) is 0 Å². The Labute approximate surface area is 228 Å². The zero-order valence-corrected chi connectivity index (χ0v) is 24.1. The summed E-state index contributed by atoms with van der Waals surface area (Å²) in [5, 5.41) is 5.48. The lowest BCUT2D eigenvalue weighted by Crippen LogP contribution is -2.54. The molecule has 0 radical (unpaired) electrons. The van der Waals surface area contributed by atoms with Crippen LogP contribution in [0, 0.1) is 6.92 Å². The summed E-state index contributed by atoms with van der Waals surface area (Å²) >= 11 is 0. The van der Waals surface area contributed by atoms with Crippen molar-refractivity contribution < 1.29 is 23.9 Å². The van der Waals surface area contributed by atoms with E-state index in [1.165, 1.54) is 4.90 Å². The molecular weight excluding hydrogens is 484 g/mol. The van der Waals surface area contributed by atoms with Crippen LogP contribution in [-0.2, 0) is 19.1 Å². The van der Waals surface area contributed by atoms with E-state index in [2.05, 4.69) is 17.6 Å². The van der Waals surface area contributed by atoms with Gasteiger partial charge in [-0.3, -0.25) is 14.4 Å². The quantitative estimate of drug-likeness (QED) is 0.269. The average Bonchev–Trinajstić information content (AvgIpc) is 2.81.